The molecule has 8 nitrogen and oxygen atoms in total. The van der Waals surface area contributed by atoms with Crippen LogP contribution in [0.1, 0.15) is 41.8 Å². The van der Waals surface area contributed by atoms with Crippen LogP contribution in [0.25, 0.3) is 0 Å². The quantitative estimate of drug-likeness (QED) is 0.657. The summed E-state index contributed by atoms with van der Waals surface area (Å²) < 4.78 is 36.5. The summed E-state index contributed by atoms with van der Waals surface area (Å²) in [6.45, 7) is 5.66. The number of rotatable bonds is 7. The standard InChI is InChI=1S/C20H33N3O5S/c1-16-19(8-14-28-16)20(24)21(2)10-11-23(17-6-12-27-13-7-17)18-5-4-9-22(15-18)29(3,25)26/h8,14,17-18H,4-7,9-13,15H2,1-3H3. The zero-order valence-electron chi connectivity index (χ0n) is 17.7. The van der Waals surface area contributed by atoms with E-state index in [0.29, 0.717) is 43.5 Å². The number of piperidine rings is 1. The van der Waals surface area contributed by atoms with Gasteiger partial charge in [-0.1, -0.05) is 0 Å². The van der Waals surface area contributed by atoms with Crippen LogP contribution in [0.2, 0.25) is 0 Å². The van der Waals surface area contributed by atoms with Crippen molar-refractivity contribution in [1.29, 1.82) is 0 Å². The van der Waals surface area contributed by atoms with Crippen LogP contribution >= 0.6 is 0 Å². The SMILES string of the molecule is Cc1occc1C(=O)N(C)CCN(C1CCOCC1)C1CCCN(S(C)(=O)=O)C1. The lowest BCUT2D eigenvalue weighted by molar-refractivity contribution is 0.00318. The molecular formula is C20H33N3O5S. The maximum Gasteiger partial charge on any atom is 0.257 e. The lowest BCUT2D eigenvalue weighted by Crippen LogP contribution is -2.55. The fourth-order valence-electron chi connectivity index (χ4n) is 4.35. The Morgan fingerprint density at radius 3 is 2.55 bits per heavy atom. The van der Waals surface area contributed by atoms with Gasteiger partial charge in [-0.15, -0.1) is 0 Å². The molecule has 0 aromatic carbocycles. The van der Waals surface area contributed by atoms with E-state index in [0.717, 1.165) is 38.9 Å². The Balaban J connectivity index is 1.68. The maximum absolute atomic E-state index is 12.7. The summed E-state index contributed by atoms with van der Waals surface area (Å²) in [6.07, 6.45) is 6.53. The molecule has 0 saturated carbocycles. The summed E-state index contributed by atoms with van der Waals surface area (Å²) in [4.78, 5) is 16.9. The Bertz CT molecular complexity index is 788. The second-order valence-corrected chi connectivity index (χ2v) is 10.1. The molecule has 1 atom stereocenters. The monoisotopic (exact) mass is 427 g/mol. The number of nitrogens with zero attached hydrogens (tertiary/aromatic N) is 3. The van der Waals surface area contributed by atoms with Crippen molar-refractivity contribution in [2.24, 2.45) is 0 Å². The Hall–Kier alpha value is -1.42. The van der Waals surface area contributed by atoms with Gasteiger partial charge in [0.2, 0.25) is 10.0 Å². The summed E-state index contributed by atoms with van der Waals surface area (Å²) in [7, 11) is -1.39. The number of carbonyl (C=O) groups excluding carboxylic acids is 1. The third kappa shape index (κ3) is 5.59. The topological polar surface area (TPSA) is 83.3 Å². The number of likely N-dealkylation sites (N-methyl/N-ethyl adjacent to an activating group) is 1. The van der Waals surface area contributed by atoms with Crippen LogP contribution in [-0.2, 0) is 14.8 Å². The van der Waals surface area contributed by atoms with E-state index in [1.165, 1.54) is 12.5 Å². The van der Waals surface area contributed by atoms with Crippen LogP contribution < -0.4 is 0 Å². The van der Waals surface area contributed by atoms with Crippen molar-refractivity contribution in [2.45, 2.75) is 44.7 Å². The highest BCUT2D eigenvalue weighted by atomic mass is 32.2. The molecule has 2 aliphatic rings. The molecule has 164 valence electrons. The lowest BCUT2D eigenvalue weighted by Gasteiger charge is -2.44. The number of hydrogen-bond donors (Lipinski definition) is 0. The van der Waals surface area contributed by atoms with Gasteiger partial charge in [-0.3, -0.25) is 9.69 Å². The molecular weight excluding hydrogens is 394 g/mol. The normalized spacial score (nSPS) is 22.1. The molecule has 0 N–H and O–H groups in total. The molecule has 2 aliphatic heterocycles. The fourth-order valence-corrected chi connectivity index (χ4v) is 5.26. The van der Waals surface area contributed by atoms with Crippen molar-refractivity contribution in [3.05, 3.63) is 23.7 Å². The van der Waals surface area contributed by atoms with Gasteiger partial charge in [0.15, 0.2) is 0 Å². The molecule has 0 radical (unpaired) electrons. The highest BCUT2D eigenvalue weighted by Gasteiger charge is 2.34. The average Bonchev–Trinajstić information content (AvgIpc) is 3.13. The first-order chi connectivity index (χ1) is 13.8. The molecule has 1 aromatic rings. The summed E-state index contributed by atoms with van der Waals surface area (Å²) in [5.41, 5.74) is 0.589. The number of sulfonamides is 1. The molecule has 0 bridgehead atoms. The van der Waals surface area contributed by atoms with Crippen LogP contribution in [0, 0.1) is 6.92 Å². The number of hydrogen-bond acceptors (Lipinski definition) is 6. The predicted molar refractivity (Wildman–Crippen MR) is 110 cm³/mol. The van der Waals surface area contributed by atoms with Crippen molar-refractivity contribution in [1.82, 2.24) is 14.1 Å². The highest BCUT2D eigenvalue weighted by molar-refractivity contribution is 7.88. The van der Waals surface area contributed by atoms with Gasteiger partial charge in [0.25, 0.3) is 5.91 Å². The minimum atomic E-state index is -3.20. The van der Waals surface area contributed by atoms with Crippen molar-refractivity contribution in [3.8, 4) is 0 Å². The molecule has 29 heavy (non-hydrogen) atoms. The lowest BCUT2D eigenvalue weighted by atomic mass is 9.99. The minimum absolute atomic E-state index is 0.0513. The van der Waals surface area contributed by atoms with Crippen LogP contribution in [0.5, 0.6) is 0 Å². The first-order valence-corrected chi connectivity index (χ1v) is 12.2. The van der Waals surface area contributed by atoms with Gasteiger partial charge in [0.05, 0.1) is 18.1 Å². The molecule has 2 saturated heterocycles. The molecule has 0 aliphatic carbocycles. The second-order valence-electron chi connectivity index (χ2n) is 8.12. The van der Waals surface area contributed by atoms with E-state index < -0.39 is 10.0 Å². The molecule has 1 aromatic heterocycles. The molecule has 2 fully saturated rings. The van der Waals surface area contributed by atoms with Crippen molar-refractivity contribution >= 4 is 15.9 Å². The Morgan fingerprint density at radius 1 is 1.21 bits per heavy atom. The van der Waals surface area contributed by atoms with Crippen molar-refractivity contribution in [2.75, 3.05) is 52.7 Å². The van der Waals surface area contributed by atoms with E-state index in [1.807, 2.05) is 0 Å². The Labute approximate surface area is 173 Å². The predicted octanol–water partition coefficient (Wildman–Crippen LogP) is 1.57. The average molecular weight is 428 g/mol. The summed E-state index contributed by atoms with van der Waals surface area (Å²) >= 11 is 0. The van der Waals surface area contributed by atoms with Gasteiger partial charge in [-0.2, -0.15) is 0 Å². The van der Waals surface area contributed by atoms with Gasteiger partial charge in [-0.25, -0.2) is 12.7 Å². The highest BCUT2D eigenvalue weighted by Crippen LogP contribution is 2.24. The maximum atomic E-state index is 12.7. The van der Waals surface area contributed by atoms with E-state index in [-0.39, 0.29) is 11.9 Å². The third-order valence-electron chi connectivity index (χ3n) is 6.09. The summed E-state index contributed by atoms with van der Waals surface area (Å²) in [6, 6.07) is 2.23. The van der Waals surface area contributed by atoms with Crippen LogP contribution in [0.4, 0.5) is 0 Å². The van der Waals surface area contributed by atoms with Gasteiger partial charge >= 0.3 is 0 Å². The first-order valence-electron chi connectivity index (χ1n) is 10.4. The van der Waals surface area contributed by atoms with Crippen LogP contribution in [0.3, 0.4) is 0 Å². The number of aryl methyl sites for hydroxylation is 1. The smallest absolute Gasteiger partial charge is 0.257 e. The van der Waals surface area contributed by atoms with E-state index in [1.54, 1.807) is 29.2 Å². The van der Waals surface area contributed by atoms with Gasteiger partial charge < -0.3 is 14.1 Å². The van der Waals surface area contributed by atoms with Crippen LogP contribution in [-0.4, -0.2) is 93.2 Å². The van der Waals surface area contributed by atoms with Gasteiger partial charge in [0.1, 0.15) is 5.76 Å². The molecule has 1 unspecified atom stereocenters. The third-order valence-corrected chi connectivity index (χ3v) is 7.36. The van der Waals surface area contributed by atoms with Gasteiger partial charge in [0, 0.05) is 58.5 Å². The second kappa shape index (κ2) is 9.59. The summed E-state index contributed by atoms with van der Waals surface area (Å²) in [5.74, 6) is 0.573. The summed E-state index contributed by atoms with van der Waals surface area (Å²) in [5, 5.41) is 0. The van der Waals surface area contributed by atoms with Crippen molar-refractivity contribution < 1.29 is 22.4 Å². The van der Waals surface area contributed by atoms with E-state index in [4.69, 9.17) is 9.15 Å². The van der Waals surface area contributed by atoms with Crippen molar-refractivity contribution in [3.63, 3.8) is 0 Å². The van der Waals surface area contributed by atoms with E-state index in [2.05, 4.69) is 4.90 Å². The fraction of sp³-hybridized carbons (Fsp3) is 0.750. The number of ether oxygens (including phenoxy) is 1. The number of amides is 1. The number of furan rings is 1. The Kier molecular flexibility index (Phi) is 7.37. The zero-order valence-corrected chi connectivity index (χ0v) is 18.5. The first kappa shape index (κ1) is 22.3. The molecule has 9 heteroatoms. The Morgan fingerprint density at radius 2 is 1.93 bits per heavy atom. The molecule has 3 heterocycles. The van der Waals surface area contributed by atoms with E-state index >= 15 is 0 Å². The van der Waals surface area contributed by atoms with Crippen LogP contribution in [0.15, 0.2) is 16.7 Å². The largest absolute Gasteiger partial charge is 0.469 e. The molecule has 1 amide bonds. The minimum Gasteiger partial charge on any atom is -0.469 e. The molecule has 3 rings (SSSR count). The van der Waals surface area contributed by atoms with Gasteiger partial charge in [-0.05, 0) is 38.7 Å². The molecule has 0 spiro atoms. The van der Waals surface area contributed by atoms with E-state index in [9.17, 15) is 13.2 Å². The zero-order chi connectivity index (χ0) is 21.0. The number of carbonyl (C=O) groups is 1.